The maximum Gasteiger partial charge on any atom is 0.170 e. The highest BCUT2D eigenvalue weighted by Gasteiger charge is 2.25. The number of rotatable bonds is 4. The van der Waals surface area contributed by atoms with Gasteiger partial charge in [-0.3, -0.25) is 0 Å². The van der Waals surface area contributed by atoms with Gasteiger partial charge in [0.2, 0.25) is 0 Å². The minimum atomic E-state index is 0.549. The minimum Gasteiger partial charge on any atom is -0.455 e. The predicted molar refractivity (Wildman–Crippen MR) is 228 cm³/mol. The van der Waals surface area contributed by atoms with Gasteiger partial charge in [-0.05, 0) is 59.3 Å². The van der Waals surface area contributed by atoms with Crippen LogP contribution in [0.4, 0.5) is 0 Å². The van der Waals surface area contributed by atoms with Gasteiger partial charge < -0.3 is 8.98 Å². The number of hydrogen-bond donors (Lipinski definition) is 0. The monoisotopic (exact) mass is 720 g/mol. The largest absolute Gasteiger partial charge is 0.455 e. The van der Waals surface area contributed by atoms with Crippen molar-refractivity contribution in [2.45, 2.75) is 0 Å². The SMILES string of the molecule is c1ccc(-c2nc(-c3c(-n4c5ccccc5c5cc6ccccc6cc54)ccc4c3oc3ccccc34)nc(-c3cccc4c3sc3ccccc34)n2)cc1. The zero-order chi connectivity index (χ0) is 36.0. The van der Waals surface area contributed by atoms with Crippen molar-refractivity contribution in [1.82, 2.24) is 19.5 Å². The highest BCUT2D eigenvalue weighted by atomic mass is 32.1. The number of hydrogen-bond acceptors (Lipinski definition) is 5. The number of para-hydroxylation sites is 2. The predicted octanol–water partition coefficient (Wildman–Crippen LogP) is 13.4. The molecule has 0 amide bonds. The summed E-state index contributed by atoms with van der Waals surface area (Å²) in [4.78, 5) is 16.0. The van der Waals surface area contributed by atoms with Crippen LogP contribution in [0, 0.1) is 0 Å². The first kappa shape index (κ1) is 30.3. The molecule has 0 N–H and O–H groups in total. The van der Waals surface area contributed by atoms with E-state index in [0.717, 1.165) is 60.0 Å². The van der Waals surface area contributed by atoms with E-state index >= 15 is 0 Å². The molecule has 12 rings (SSSR count). The number of nitrogens with zero attached hydrogens (tertiary/aromatic N) is 4. The first-order valence-corrected chi connectivity index (χ1v) is 19.2. The zero-order valence-electron chi connectivity index (χ0n) is 29.3. The highest BCUT2D eigenvalue weighted by Crippen LogP contribution is 2.44. The molecule has 0 saturated carbocycles. The van der Waals surface area contributed by atoms with Gasteiger partial charge in [-0.15, -0.1) is 11.3 Å². The number of aromatic nitrogens is 4. The molecule has 0 aliphatic carbocycles. The quantitative estimate of drug-likeness (QED) is 0.182. The summed E-state index contributed by atoms with van der Waals surface area (Å²) in [5, 5.41) is 9.22. The second kappa shape index (κ2) is 11.7. The summed E-state index contributed by atoms with van der Waals surface area (Å²) in [7, 11) is 0. The van der Waals surface area contributed by atoms with Crippen molar-refractivity contribution in [3.8, 4) is 39.9 Å². The van der Waals surface area contributed by atoms with Gasteiger partial charge in [-0.1, -0.05) is 121 Å². The number of benzene rings is 8. The van der Waals surface area contributed by atoms with Crippen molar-refractivity contribution in [3.05, 3.63) is 170 Å². The fraction of sp³-hybridized carbons (Fsp3) is 0. The minimum absolute atomic E-state index is 0.549. The maximum atomic E-state index is 6.86. The fourth-order valence-corrected chi connectivity index (χ4v) is 9.56. The number of thiophene rings is 1. The van der Waals surface area contributed by atoms with Crippen LogP contribution >= 0.6 is 11.3 Å². The normalized spacial score (nSPS) is 12.0. The fourth-order valence-electron chi connectivity index (χ4n) is 8.34. The van der Waals surface area contributed by atoms with Crippen LogP contribution in [0.25, 0.3) is 115 Å². The van der Waals surface area contributed by atoms with Crippen molar-refractivity contribution >= 4 is 86.0 Å². The summed E-state index contributed by atoms with van der Waals surface area (Å²) in [6, 6.07) is 59.6. The molecule has 0 aliphatic rings. The van der Waals surface area contributed by atoms with E-state index in [1.54, 1.807) is 11.3 Å². The lowest BCUT2D eigenvalue weighted by atomic mass is 10.0. The first-order valence-electron chi connectivity index (χ1n) is 18.4. The summed E-state index contributed by atoms with van der Waals surface area (Å²) in [5.74, 6) is 1.77. The molecule has 0 aliphatic heterocycles. The summed E-state index contributed by atoms with van der Waals surface area (Å²) in [6.07, 6.45) is 0. The number of fused-ring (bicyclic) bond motifs is 10. The Morgan fingerprint density at radius 1 is 0.455 bits per heavy atom. The Hall–Kier alpha value is -7.15. The van der Waals surface area contributed by atoms with Gasteiger partial charge in [0.1, 0.15) is 11.2 Å². The zero-order valence-corrected chi connectivity index (χ0v) is 30.1. The molecule has 8 aromatic carbocycles. The molecule has 5 nitrogen and oxygen atoms in total. The third-order valence-electron chi connectivity index (χ3n) is 10.8. The molecule has 0 spiro atoms. The smallest absolute Gasteiger partial charge is 0.170 e. The van der Waals surface area contributed by atoms with E-state index < -0.39 is 0 Å². The van der Waals surface area contributed by atoms with Crippen LogP contribution < -0.4 is 0 Å². The average Bonchev–Trinajstić information content (AvgIpc) is 3.92. The van der Waals surface area contributed by atoms with Crippen molar-refractivity contribution in [2.75, 3.05) is 0 Å². The molecule has 0 bridgehead atoms. The van der Waals surface area contributed by atoms with E-state index in [4.69, 9.17) is 19.4 Å². The molecule has 4 aromatic heterocycles. The van der Waals surface area contributed by atoms with E-state index in [2.05, 4.69) is 144 Å². The molecular weight excluding hydrogens is 693 g/mol. The van der Waals surface area contributed by atoms with E-state index in [-0.39, 0.29) is 0 Å². The van der Waals surface area contributed by atoms with E-state index in [1.807, 2.05) is 30.3 Å². The molecule has 0 fully saturated rings. The molecule has 55 heavy (non-hydrogen) atoms. The topological polar surface area (TPSA) is 56.7 Å². The summed E-state index contributed by atoms with van der Waals surface area (Å²) >= 11 is 1.77. The molecule has 0 atom stereocenters. The Morgan fingerprint density at radius 3 is 2.04 bits per heavy atom. The van der Waals surface area contributed by atoms with Gasteiger partial charge in [0.15, 0.2) is 17.5 Å². The Kier molecular flexibility index (Phi) is 6.44. The highest BCUT2D eigenvalue weighted by molar-refractivity contribution is 7.26. The van der Waals surface area contributed by atoms with Gasteiger partial charge in [-0.2, -0.15) is 0 Å². The van der Waals surface area contributed by atoms with E-state index in [9.17, 15) is 0 Å². The van der Waals surface area contributed by atoms with Crippen LogP contribution in [-0.2, 0) is 0 Å². The molecule has 0 unspecified atom stereocenters. The van der Waals surface area contributed by atoms with Gasteiger partial charge in [0, 0.05) is 52.8 Å². The maximum absolute atomic E-state index is 6.86. The molecule has 0 saturated heterocycles. The lowest BCUT2D eigenvalue weighted by molar-refractivity contribution is 0.669. The van der Waals surface area contributed by atoms with E-state index in [0.29, 0.717) is 17.5 Å². The summed E-state index contributed by atoms with van der Waals surface area (Å²) in [6.45, 7) is 0. The van der Waals surface area contributed by atoms with Crippen molar-refractivity contribution in [3.63, 3.8) is 0 Å². The van der Waals surface area contributed by atoms with Crippen LogP contribution in [0.1, 0.15) is 0 Å². The van der Waals surface area contributed by atoms with Crippen molar-refractivity contribution < 1.29 is 4.42 Å². The molecule has 256 valence electrons. The average molecular weight is 721 g/mol. The van der Waals surface area contributed by atoms with Crippen LogP contribution in [-0.4, -0.2) is 19.5 Å². The molecule has 0 radical (unpaired) electrons. The second-order valence-electron chi connectivity index (χ2n) is 14.0. The third kappa shape index (κ3) is 4.55. The van der Waals surface area contributed by atoms with Crippen molar-refractivity contribution in [2.24, 2.45) is 0 Å². The number of furan rings is 1. The first-order chi connectivity index (χ1) is 27.3. The molecule has 6 heteroatoms. The lowest BCUT2D eigenvalue weighted by Crippen LogP contribution is -2.04. The Labute approximate surface area is 318 Å². The van der Waals surface area contributed by atoms with Gasteiger partial charge in [0.25, 0.3) is 0 Å². The van der Waals surface area contributed by atoms with E-state index in [1.165, 1.54) is 37.0 Å². The second-order valence-corrected chi connectivity index (χ2v) is 15.0. The van der Waals surface area contributed by atoms with Gasteiger partial charge in [-0.25, -0.2) is 15.0 Å². The third-order valence-corrected chi connectivity index (χ3v) is 12.1. The van der Waals surface area contributed by atoms with Crippen LogP contribution in [0.2, 0.25) is 0 Å². The van der Waals surface area contributed by atoms with Crippen LogP contribution in [0.15, 0.2) is 174 Å². The standard InChI is InChI=1S/C49H28N4OS/c1-2-13-29(14-3-1)47-50-48(37-21-12-20-36-34-19-8-11-24-43(34)55-46(36)37)52-49(51-47)44-40(26-25-35-33-18-7-10-23-42(33)54-45(35)44)53-39-22-9-6-17-32(39)38-27-30-15-4-5-16-31(30)28-41(38)53/h1-28H. The Morgan fingerprint density at radius 2 is 1.15 bits per heavy atom. The molecule has 12 aromatic rings. The Balaban J connectivity index is 1.23. The van der Waals surface area contributed by atoms with Gasteiger partial charge >= 0.3 is 0 Å². The van der Waals surface area contributed by atoms with Crippen LogP contribution in [0.3, 0.4) is 0 Å². The van der Waals surface area contributed by atoms with Crippen molar-refractivity contribution in [1.29, 1.82) is 0 Å². The lowest BCUT2D eigenvalue weighted by Gasteiger charge is -2.15. The summed E-state index contributed by atoms with van der Waals surface area (Å²) in [5.41, 5.74) is 7.39. The Bertz CT molecular complexity index is 3500. The molecule has 4 heterocycles. The van der Waals surface area contributed by atoms with Crippen LogP contribution in [0.5, 0.6) is 0 Å². The summed E-state index contributed by atoms with van der Waals surface area (Å²) < 4.78 is 11.6. The molecular formula is C49H28N4OS. The van der Waals surface area contributed by atoms with Gasteiger partial charge in [0.05, 0.1) is 22.3 Å².